The minimum atomic E-state index is 0.779. The second-order valence-electron chi connectivity index (χ2n) is 5.78. The maximum Gasteiger partial charge on any atom is 0.0225 e. The monoisotopic (exact) mass is 245 g/mol. The molecule has 96 valence electrons. The quantitative estimate of drug-likeness (QED) is 0.636. The molecule has 0 radical (unpaired) electrons. The van der Waals surface area contributed by atoms with E-state index in [9.17, 15) is 0 Å². The van der Waals surface area contributed by atoms with E-state index in [4.69, 9.17) is 11.6 Å². The van der Waals surface area contributed by atoms with Crippen LogP contribution in [0.4, 0.5) is 0 Å². The Kier molecular flexibility index (Phi) is 6.75. The van der Waals surface area contributed by atoms with Crippen LogP contribution in [-0.2, 0) is 0 Å². The molecule has 3 atom stereocenters. The Balaban J connectivity index is 2.20. The van der Waals surface area contributed by atoms with Crippen molar-refractivity contribution in [2.75, 3.05) is 19.5 Å². The van der Waals surface area contributed by atoms with Gasteiger partial charge in [-0.05, 0) is 51.1 Å². The van der Waals surface area contributed by atoms with E-state index in [-0.39, 0.29) is 0 Å². The number of hydrogen-bond donors (Lipinski definition) is 0. The van der Waals surface area contributed by atoms with Gasteiger partial charge in [0.1, 0.15) is 0 Å². The van der Waals surface area contributed by atoms with Crippen LogP contribution in [0, 0.1) is 11.8 Å². The highest BCUT2D eigenvalue weighted by Gasteiger charge is 2.22. The Morgan fingerprint density at radius 3 is 2.69 bits per heavy atom. The average Bonchev–Trinajstić information content (AvgIpc) is 2.26. The van der Waals surface area contributed by atoms with Crippen molar-refractivity contribution in [3.63, 3.8) is 0 Å². The van der Waals surface area contributed by atoms with Gasteiger partial charge in [0, 0.05) is 11.9 Å². The van der Waals surface area contributed by atoms with Crippen LogP contribution in [0.25, 0.3) is 0 Å². The molecular formula is C14H28ClN. The SMILES string of the molecule is CC(CCCl)CCN(C)C1CCCC(C)C1. The Bertz CT molecular complexity index is 184. The molecule has 3 unspecified atom stereocenters. The summed E-state index contributed by atoms with van der Waals surface area (Å²) in [6.07, 6.45) is 8.13. The summed E-state index contributed by atoms with van der Waals surface area (Å²) in [5, 5.41) is 0. The van der Waals surface area contributed by atoms with E-state index in [1.54, 1.807) is 0 Å². The predicted octanol–water partition coefficient (Wildman–Crippen LogP) is 4.15. The van der Waals surface area contributed by atoms with Crippen molar-refractivity contribution in [1.29, 1.82) is 0 Å². The molecule has 0 aliphatic heterocycles. The van der Waals surface area contributed by atoms with Crippen LogP contribution in [0.1, 0.15) is 52.4 Å². The molecule has 2 heteroatoms. The summed E-state index contributed by atoms with van der Waals surface area (Å²) < 4.78 is 0. The minimum absolute atomic E-state index is 0.779. The first kappa shape index (κ1) is 14.3. The Labute approximate surface area is 107 Å². The van der Waals surface area contributed by atoms with Gasteiger partial charge in [-0.3, -0.25) is 0 Å². The number of hydrogen-bond acceptors (Lipinski definition) is 1. The van der Waals surface area contributed by atoms with Gasteiger partial charge in [-0.15, -0.1) is 11.6 Å². The summed E-state index contributed by atoms with van der Waals surface area (Å²) in [5.74, 6) is 2.52. The van der Waals surface area contributed by atoms with Gasteiger partial charge in [0.25, 0.3) is 0 Å². The number of halogens is 1. The molecule has 0 bridgehead atoms. The lowest BCUT2D eigenvalue weighted by atomic mass is 9.86. The lowest BCUT2D eigenvalue weighted by Gasteiger charge is -2.34. The molecule has 0 aromatic rings. The van der Waals surface area contributed by atoms with Gasteiger partial charge < -0.3 is 4.90 Å². The van der Waals surface area contributed by atoms with Gasteiger partial charge in [-0.1, -0.05) is 26.7 Å². The van der Waals surface area contributed by atoms with Crippen molar-refractivity contribution in [3.8, 4) is 0 Å². The molecule has 1 nitrogen and oxygen atoms in total. The summed E-state index contributed by atoms with van der Waals surface area (Å²) in [7, 11) is 2.30. The lowest BCUT2D eigenvalue weighted by molar-refractivity contribution is 0.156. The highest BCUT2D eigenvalue weighted by Crippen LogP contribution is 2.27. The van der Waals surface area contributed by atoms with E-state index < -0.39 is 0 Å². The third-order valence-corrected chi connectivity index (χ3v) is 4.33. The summed E-state index contributed by atoms with van der Waals surface area (Å²) >= 11 is 5.77. The Hall–Kier alpha value is 0.250. The van der Waals surface area contributed by atoms with Crippen LogP contribution in [0.5, 0.6) is 0 Å². The lowest BCUT2D eigenvalue weighted by Crippen LogP contribution is -2.36. The van der Waals surface area contributed by atoms with Crippen molar-refractivity contribution < 1.29 is 0 Å². The van der Waals surface area contributed by atoms with E-state index in [1.807, 2.05) is 0 Å². The minimum Gasteiger partial charge on any atom is -0.303 e. The topological polar surface area (TPSA) is 3.24 Å². The van der Waals surface area contributed by atoms with Crippen molar-refractivity contribution >= 4 is 11.6 Å². The van der Waals surface area contributed by atoms with E-state index in [1.165, 1.54) is 38.6 Å². The smallest absolute Gasteiger partial charge is 0.0225 e. The molecule has 0 amide bonds. The first-order valence-electron chi connectivity index (χ1n) is 6.89. The molecule has 16 heavy (non-hydrogen) atoms. The van der Waals surface area contributed by atoms with Crippen LogP contribution < -0.4 is 0 Å². The van der Waals surface area contributed by atoms with Crippen molar-refractivity contribution in [1.82, 2.24) is 4.90 Å². The van der Waals surface area contributed by atoms with E-state index in [2.05, 4.69) is 25.8 Å². The average molecular weight is 246 g/mol. The fourth-order valence-electron chi connectivity index (χ4n) is 2.74. The molecule has 0 N–H and O–H groups in total. The van der Waals surface area contributed by atoms with Crippen LogP contribution in [0.2, 0.25) is 0 Å². The molecule has 1 aliphatic rings. The molecular weight excluding hydrogens is 218 g/mol. The second kappa shape index (κ2) is 7.55. The van der Waals surface area contributed by atoms with Gasteiger partial charge >= 0.3 is 0 Å². The van der Waals surface area contributed by atoms with Gasteiger partial charge in [0.05, 0.1) is 0 Å². The van der Waals surface area contributed by atoms with E-state index in [0.717, 1.165) is 30.2 Å². The fraction of sp³-hybridized carbons (Fsp3) is 1.00. The maximum atomic E-state index is 5.77. The Morgan fingerprint density at radius 1 is 1.31 bits per heavy atom. The molecule has 0 aromatic heterocycles. The first-order valence-corrected chi connectivity index (χ1v) is 7.43. The van der Waals surface area contributed by atoms with Gasteiger partial charge in [-0.2, -0.15) is 0 Å². The number of nitrogens with zero attached hydrogens (tertiary/aromatic N) is 1. The van der Waals surface area contributed by atoms with Crippen molar-refractivity contribution in [2.24, 2.45) is 11.8 Å². The maximum absolute atomic E-state index is 5.77. The van der Waals surface area contributed by atoms with E-state index in [0.29, 0.717) is 0 Å². The zero-order valence-electron chi connectivity index (χ0n) is 11.2. The summed E-state index contributed by atoms with van der Waals surface area (Å²) in [4.78, 5) is 2.58. The standard InChI is InChI=1S/C14H28ClN/c1-12(7-9-15)8-10-16(3)14-6-4-5-13(2)11-14/h12-14H,4-11H2,1-3H3. The highest BCUT2D eigenvalue weighted by molar-refractivity contribution is 6.17. The van der Waals surface area contributed by atoms with Gasteiger partial charge in [0.2, 0.25) is 0 Å². The zero-order valence-corrected chi connectivity index (χ0v) is 12.0. The molecule has 1 aliphatic carbocycles. The van der Waals surface area contributed by atoms with Crippen LogP contribution in [-0.4, -0.2) is 30.4 Å². The molecule has 0 saturated heterocycles. The van der Waals surface area contributed by atoms with E-state index >= 15 is 0 Å². The van der Waals surface area contributed by atoms with Crippen LogP contribution in [0.3, 0.4) is 0 Å². The Morgan fingerprint density at radius 2 is 2.06 bits per heavy atom. The third-order valence-electron chi connectivity index (χ3n) is 4.11. The molecule has 1 fully saturated rings. The highest BCUT2D eigenvalue weighted by atomic mass is 35.5. The fourth-order valence-corrected chi connectivity index (χ4v) is 3.11. The summed E-state index contributed by atoms with van der Waals surface area (Å²) in [6.45, 7) is 5.96. The molecule has 1 saturated carbocycles. The largest absolute Gasteiger partial charge is 0.303 e. The molecule has 0 aromatic carbocycles. The molecule has 0 heterocycles. The number of alkyl halides is 1. The molecule has 1 rings (SSSR count). The summed E-state index contributed by atoms with van der Waals surface area (Å²) in [5.41, 5.74) is 0. The van der Waals surface area contributed by atoms with Crippen LogP contribution in [0.15, 0.2) is 0 Å². The third kappa shape index (κ3) is 5.05. The summed E-state index contributed by atoms with van der Waals surface area (Å²) in [6, 6.07) is 0.840. The van der Waals surface area contributed by atoms with Crippen molar-refractivity contribution in [3.05, 3.63) is 0 Å². The number of rotatable bonds is 6. The molecule has 0 spiro atoms. The second-order valence-corrected chi connectivity index (χ2v) is 6.16. The van der Waals surface area contributed by atoms with Gasteiger partial charge in [-0.25, -0.2) is 0 Å². The predicted molar refractivity (Wildman–Crippen MR) is 73.2 cm³/mol. The normalized spacial score (nSPS) is 28.3. The first-order chi connectivity index (χ1) is 7.63. The van der Waals surface area contributed by atoms with Crippen molar-refractivity contribution in [2.45, 2.75) is 58.4 Å². The zero-order chi connectivity index (χ0) is 12.0. The van der Waals surface area contributed by atoms with Gasteiger partial charge in [0.15, 0.2) is 0 Å². The van der Waals surface area contributed by atoms with Crippen LogP contribution >= 0.6 is 11.6 Å².